The van der Waals surface area contributed by atoms with Gasteiger partial charge >= 0.3 is 0 Å². The van der Waals surface area contributed by atoms with E-state index in [0.717, 1.165) is 17.5 Å². The number of carbonyl (C=O) groups excluding carboxylic acids is 1. The van der Waals surface area contributed by atoms with Crippen molar-refractivity contribution in [2.45, 2.75) is 6.42 Å². The second-order valence-electron chi connectivity index (χ2n) is 5.27. The molecule has 0 aliphatic rings. The highest BCUT2D eigenvalue weighted by Gasteiger charge is 2.03. The Balaban J connectivity index is 1.59. The molecule has 2 aromatic carbocycles. The van der Waals surface area contributed by atoms with Gasteiger partial charge in [-0.05, 0) is 30.2 Å². The lowest BCUT2D eigenvalue weighted by Crippen LogP contribution is -2.23. The molecule has 0 saturated carbocycles. The van der Waals surface area contributed by atoms with Gasteiger partial charge in [0.05, 0.1) is 5.56 Å². The van der Waals surface area contributed by atoms with E-state index in [9.17, 15) is 4.79 Å². The van der Waals surface area contributed by atoms with Crippen LogP contribution in [0.3, 0.4) is 0 Å². The summed E-state index contributed by atoms with van der Waals surface area (Å²) in [5.74, 6) is 4.93. The quantitative estimate of drug-likeness (QED) is 0.730. The highest BCUT2D eigenvalue weighted by atomic mass is 16.1. The maximum atomic E-state index is 11.8. The van der Waals surface area contributed by atoms with Crippen LogP contribution in [0.1, 0.15) is 16.7 Å². The number of nitriles is 1. The summed E-state index contributed by atoms with van der Waals surface area (Å²) < 4.78 is 0. The highest BCUT2D eigenvalue weighted by molar-refractivity contribution is 5.94. The van der Waals surface area contributed by atoms with Gasteiger partial charge in [0.1, 0.15) is 6.07 Å². The van der Waals surface area contributed by atoms with Crippen molar-refractivity contribution >= 4 is 16.8 Å². The van der Waals surface area contributed by atoms with Gasteiger partial charge in [-0.15, -0.1) is 0 Å². The number of carbonyl (C=O) groups is 1. The van der Waals surface area contributed by atoms with Crippen molar-refractivity contribution in [3.8, 4) is 17.9 Å². The van der Waals surface area contributed by atoms with Gasteiger partial charge < -0.3 is 10.3 Å². The Labute approximate surface area is 140 Å². The molecule has 0 bridgehead atoms. The molecule has 0 fully saturated rings. The molecule has 24 heavy (non-hydrogen) atoms. The van der Waals surface area contributed by atoms with Gasteiger partial charge in [0.25, 0.3) is 5.91 Å². The molecule has 0 atom stereocenters. The second-order valence-corrected chi connectivity index (χ2v) is 5.27. The van der Waals surface area contributed by atoms with Crippen molar-refractivity contribution in [2.75, 3.05) is 6.54 Å². The summed E-state index contributed by atoms with van der Waals surface area (Å²) in [6, 6.07) is 17.1. The standard InChI is InChI=1S/C20H15N3O/c21-13-16-6-2-1-5-15(16)9-10-20(24)22-12-11-17-14-23-19-8-4-3-7-18(17)19/h1-8,14,23H,11-12H2,(H,22,24). The zero-order valence-corrected chi connectivity index (χ0v) is 13.0. The van der Waals surface area contributed by atoms with Crippen LogP contribution < -0.4 is 5.32 Å². The average molecular weight is 313 g/mol. The first-order chi connectivity index (χ1) is 11.8. The molecule has 0 unspecified atom stereocenters. The molecule has 1 amide bonds. The number of para-hydroxylation sites is 1. The van der Waals surface area contributed by atoms with Gasteiger partial charge in [-0.25, -0.2) is 0 Å². The van der Waals surface area contributed by atoms with E-state index < -0.39 is 0 Å². The first-order valence-corrected chi connectivity index (χ1v) is 7.62. The van der Waals surface area contributed by atoms with E-state index in [-0.39, 0.29) is 5.91 Å². The second kappa shape index (κ2) is 7.17. The fourth-order valence-corrected chi connectivity index (χ4v) is 2.51. The van der Waals surface area contributed by atoms with Crippen LogP contribution >= 0.6 is 0 Å². The molecule has 0 aliphatic heterocycles. The third-order valence-electron chi connectivity index (χ3n) is 3.71. The highest BCUT2D eigenvalue weighted by Crippen LogP contribution is 2.17. The number of aromatic nitrogens is 1. The SMILES string of the molecule is N#Cc1ccccc1C#CC(=O)NCCc1c[nH]c2ccccc12. The Morgan fingerprint density at radius 3 is 2.67 bits per heavy atom. The summed E-state index contributed by atoms with van der Waals surface area (Å²) in [7, 11) is 0. The Kier molecular flexibility index (Phi) is 4.60. The number of aromatic amines is 1. The van der Waals surface area contributed by atoms with Crippen LogP contribution in [0, 0.1) is 23.2 Å². The molecular formula is C20H15N3O. The molecule has 1 aromatic heterocycles. The van der Waals surface area contributed by atoms with E-state index in [2.05, 4.69) is 34.3 Å². The van der Waals surface area contributed by atoms with Crippen LogP contribution in [0.2, 0.25) is 0 Å². The summed E-state index contributed by atoms with van der Waals surface area (Å²) in [5.41, 5.74) is 3.28. The summed E-state index contributed by atoms with van der Waals surface area (Å²) in [6.07, 6.45) is 2.69. The first-order valence-electron chi connectivity index (χ1n) is 7.62. The summed E-state index contributed by atoms with van der Waals surface area (Å²) >= 11 is 0. The van der Waals surface area contributed by atoms with Gasteiger partial charge in [0.15, 0.2) is 0 Å². The third kappa shape index (κ3) is 3.45. The monoisotopic (exact) mass is 313 g/mol. The largest absolute Gasteiger partial charge is 0.361 e. The first kappa shape index (κ1) is 15.4. The minimum Gasteiger partial charge on any atom is -0.361 e. The van der Waals surface area contributed by atoms with Crippen LogP contribution in [0.4, 0.5) is 0 Å². The molecule has 4 heteroatoms. The number of fused-ring (bicyclic) bond motifs is 1. The normalized spacial score (nSPS) is 9.79. The summed E-state index contributed by atoms with van der Waals surface area (Å²) in [6.45, 7) is 0.509. The Morgan fingerprint density at radius 2 is 1.83 bits per heavy atom. The van der Waals surface area contributed by atoms with Crippen molar-refractivity contribution in [3.63, 3.8) is 0 Å². The van der Waals surface area contributed by atoms with Crippen LogP contribution in [-0.2, 0) is 11.2 Å². The van der Waals surface area contributed by atoms with E-state index in [0.29, 0.717) is 17.7 Å². The molecule has 0 aliphatic carbocycles. The summed E-state index contributed by atoms with van der Waals surface area (Å²) in [5, 5.41) is 12.9. The number of hydrogen-bond acceptors (Lipinski definition) is 2. The topological polar surface area (TPSA) is 68.7 Å². The number of hydrogen-bond donors (Lipinski definition) is 2. The Bertz CT molecular complexity index is 983. The lowest BCUT2D eigenvalue weighted by molar-refractivity contribution is -0.115. The predicted octanol–water partition coefficient (Wildman–Crippen LogP) is 2.75. The molecule has 3 rings (SSSR count). The molecule has 1 heterocycles. The van der Waals surface area contributed by atoms with E-state index in [4.69, 9.17) is 5.26 Å². The molecule has 0 spiro atoms. The van der Waals surface area contributed by atoms with Crippen molar-refractivity contribution in [1.29, 1.82) is 5.26 Å². The maximum Gasteiger partial charge on any atom is 0.296 e. The van der Waals surface area contributed by atoms with Crippen LogP contribution in [0.15, 0.2) is 54.7 Å². The fraction of sp³-hybridized carbons (Fsp3) is 0.100. The van der Waals surface area contributed by atoms with Crippen LogP contribution in [-0.4, -0.2) is 17.4 Å². The lowest BCUT2D eigenvalue weighted by Gasteiger charge is -2.00. The molecule has 0 saturated heterocycles. The summed E-state index contributed by atoms with van der Waals surface area (Å²) in [4.78, 5) is 15.0. The third-order valence-corrected chi connectivity index (χ3v) is 3.71. The van der Waals surface area contributed by atoms with Crippen molar-refractivity contribution in [2.24, 2.45) is 0 Å². The Hall–Kier alpha value is -3.50. The van der Waals surface area contributed by atoms with E-state index in [1.54, 1.807) is 24.3 Å². The van der Waals surface area contributed by atoms with Crippen molar-refractivity contribution in [3.05, 3.63) is 71.4 Å². The number of amides is 1. The van der Waals surface area contributed by atoms with Crippen molar-refractivity contribution < 1.29 is 4.79 Å². The van der Waals surface area contributed by atoms with E-state index in [1.165, 1.54) is 5.39 Å². The van der Waals surface area contributed by atoms with Gasteiger partial charge in [0, 0.05) is 35.1 Å². The van der Waals surface area contributed by atoms with Crippen molar-refractivity contribution in [1.82, 2.24) is 10.3 Å². The fourth-order valence-electron chi connectivity index (χ4n) is 2.51. The van der Waals surface area contributed by atoms with Gasteiger partial charge in [-0.3, -0.25) is 4.79 Å². The molecule has 3 aromatic rings. The maximum absolute atomic E-state index is 11.8. The number of nitrogens with zero attached hydrogens (tertiary/aromatic N) is 1. The smallest absolute Gasteiger partial charge is 0.296 e. The van der Waals surface area contributed by atoms with Crippen LogP contribution in [0.5, 0.6) is 0 Å². The average Bonchev–Trinajstić information content (AvgIpc) is 3.03. The minimum atomic E-state index is -0.345. The molecule has 116 valence electrons. The minimum absolute atomic E-state index is 0.345. The molecular weight excluding hydrogens is 298 g/mol. The molecule has 4 nitrogen and oxygen atoms in total. The lowest BCUT2D eigenvalue weighted by atomic mass is 10.1. The zero-order valence-electron chi connectivity index (χ0n) is 13.0. The predicted molar refractivity (Wildman–Crippen MR) is 93.0 cm³/mol. The van der Waals surface area contributed by atoms with Crippen LogP contribution in [0.25, 0.3) is 10.9 Å². The van der Waals surface area contributed by atoms with Gasteiger partial charge in [0.2, 0.25) is 0 Å². The van der Waals surface area contributed by atoms with E-state index in [1.807, 2.05) is 24.4 Å². The number of nitrogens with one attached hydrogen (secondary N) is 2. The van der Waals surface area contributed by atoms with Gasteiger partial charge in [-0.2, -0.15) is 5.26 Å². The number of rotatable bonds is 3. The molecule has 2 N–H and O–H groups in total. The number of benzene rings is 2. The Morgan fingerprint density at radius 1 is 1.08 bits per heavy atom. The van der Waals surface area contributed by atoms with E-state index >= 15 is 0 Å². The number of H-pyrrole nitrogens is 1. The zero-order chi connectivity index (χ0) is 16.8. The van der Waals surface area contributed by atoms with Gasteiger partial charge in [-0.1, -0.05) is 36.3 Å². The molecule has 0 radical (unpaired) electrons.